The fourth-order valence-electron chi connectivity index (χ4n) is 2.71. The zero-order valence-electron chi connectivity index (χ0n) is 10.6. The lowest BCUT2D eigenvalue weighted by Crippen LogP contribution is -2.42. The molecule has 100 valence electrons. The molecule has 2 heterocycles. The van der Waals surface area contributed by atoms with Crippen LogP contribution in [0.25, 0.3) is 0 Å². The van der Waals surface area contributed by atoms with E-state index in [1.807, 2.05) is 0 Å². The highest BCUT2D eigenvalue weighted by Gasteiger charge is 2.23. The largest absolute Gasteiger partial charge is 0.377 e. The lowest BCUT2D eigenvalue weighted by molar-refractivity contribution is -0.0279. The fourth-order valence-corrected chi connectivity index (χ4v) is 2.90. The van der Waals surface area contributed by atoms with Gasteiger partial charge in [0.1, 0.15) is 0 Å². The molecule has 3 nitrogen and oxygen atoms in total. The molecule has 4 heteroatoms. The van der Waals surface area contributed by atoms with Crippen LogP contribution in [-0.4, -0.2) is 55.3 Å². The summed E-state index contributed by atoms with van der Waals surface area (Å²) < 4.78 is 11.6. The molecule has 1 unspecified atom stereocenters. The maximum Gasteiger partial charge on any atom is 0.0702 e. The van der Waals surface area contributed by atoms with Crippen LogP contribution in [0.2, 0.25) is 0 Å². The van der Waals surface area contributed by atoms with Crippen molar-refractivity contribution in [3.8, 4) is 0 Å². The van der Waals surface area contributed by atoms with Gasteiger partial charge in [0, 0.05) is 31.6 Å². The summed E-state index contributed by atoms with van der Waals surface area (Å²) in [4.78, 5) is 2.55. The first kappa shape index (κ1) is 13.8. The van der Waals surface area contributed by atoms with Crippen LogP contribution in [0.5, 0.6) is 0 Å². The molecule has 0 aliphatic carbocycles. The van der Waals surface area contributed by atoms with Crippen molar-refractivity contribution in [2.24, 2.45) is 0 Å². The third-order valence-corrected chi connectivity index (χ3v) is 4.02. The molecule has 2 saturated heterocycles. The van der Waals surface area contributed by atoms with Gasteiger partial charge >= 0.3 is 0 Å². The van der Waals surface area contributed by atoms with Gasteiger partial charge in [-0.15, -0.1) is 0 Å². The average molecular weight is 306 g/mol. The van der Waals surface area contributed by atoms with Gasteiger partial charge in [-0.3, -0.25) is 0 Å². The molecule has 2 rings (SSSR count). The van der Waals surface area contributed by atoms with Crippen molar-refractivity contribution in [2.75, 3.05) is 38.2 Å². The molecule has 0 aromatic carbocycles. The van der Waals surface area contributed by atoms with Crippen LogP contribution in [0.1, 0.15) is 32.1 Å². The van der Waals surface area contributed by atoms with Crippen molar-refractivity contribution in [3.63, 3.8) is 0 Å². The van der Waals surface area contributed by atoms with E-state index in [-0.39, 0.29) is 0 Å². The smallest absolute Gasteiger partial charge is 0.0702 e. The molecule has 2 aliphatic rings. The van der Waals surface area contributed by atoms with Gasteiger partial charge in [0.15, 0.2) is 0 Å². The number of alkyl halides is 1. The minimum absolute atomic E-state index is 0.482. The second-order valence-electron chi connectivity index (χ2n) is 5.05. The summed E-state index contributed by atoms with van der Waals surface area (Å²) in [5, 5.41) is 0.948. The van der Waals surface area contributed by atoms with Crippen LogP contribution in [0.4, 0.5) is 0 Å². The first-order valence-electron chi connectivity index (χ1n) is 6.90. The zero-order chi connectivity index (χ0) is 11.9. The number of piperidine rings is 1. The Morgan fingerprint density at radius 1 is 1.18 bits per heavy atom. The Hall–Kier alpha value is 0.360. The Kier molecular flexibility index (Phi) is 6.26. The van der Waals surface area contributed by atoms with E-state index in [0.29, 0.717) is 12.2 Å². The molecule has 1 atom stereocenters. The predicted molar refractivity (Wildman–Crippen MR) is 72.8 cm³/mol. The van der Waals surface area contributed by atoms with E-state index in [2.05, 4.69) is 20.8 Å². The lowest BCUT2D eigenvalue weighted by Gasteiger charge is -2.35. The Morgan fingerprint density at radius 2 is 2.00 bits per heavy atom. The number of likely N-dealkylation sites (tertiary alicyclic amines) is 1. The van der Waals surface area contributed by atoms with Crippen LogP contribution in [0.15, 0.2) is 0 Å². The number of rotatable bonds is 5. The second kappa shape index (κ2) is 7.72. The molecule has 0 amide bonds. The van der Waals surface area contributed by atoms with Crippen LogP contribution in [-0.2, 0) is 9.47 Å². The Bertz CT molecular complexity index is 202. The molecular weight excluding hydrogens is 282 g/mol. The first-order valence-corrected chi connectivity index (χ1v) is 8.02. The van der Waals surface area contributed by atoms with Crippen LogP contribution < -0.4 is 0 Å². The number of hydrogen-bond donors (Lipinski definition) is 0. The van der Waals surface area contributed by atoms with Gasteiger partial charge in [-0.2, -0.15) is 0 Å². The number of nitrogens with zero attached hydrogens (tertiary/aromatic N) is 1. The summed E-state index contributed by atoms with van der Waals surface area (Å²) in [5.74, 6) is 0. The molecule has 2 aliphatic heterocycles. The molecule has 0 radical (unpaired) electrons. The van der Waals surface area contributed by atoms with Crippen LogP contribution in [0.3, 0.4) is 0 Å². The standard InChI is InChI=1S/C13H24BrNO2/c14-6-10-17-12-4-7-15(8-5-12)11-13-3-1-2-9-16-13/h12-13H,1-11H2. The summed E-state index contributed by atoms with van der Waals surface area (Å²) in [6.07, 6.45) is 7.17. The van der Waals surface area contributed by atoms with E-state index in [1.165, 1.54) is 45.2 Å². The van der Waals surface area contributed by atoms with Gasteiger partial charge in [-0.25, -0.2) is 0 Å². The molecule has 0 N–H and O–H groups in total. The average Bonchev–Trinajstić information content (AvgIpc) is 2.39. The number of ether oxygens (including phenoxy) is 2. The maximum atomic E-state index is 5.79. The van der Waals surface area contributed by atoms with E-state index in [9.17, 15) is 0 Å². The summed E-state index contributed by atoms with van der Waals surface area (Å²) in [5.41, 5.74) is 0. The topological polar surface area (TPSA) is 21.7 Å². The number of halogens is 1. The fraction of sp³-hybridized carbons (Fsp3) is 1.00. The van der Waals surface area contributed by atoms with E-state index >= 15 is 0 Å². The maximum absolute atomic E-state index is 5.79. The molecular formula is C13H24BrNO2. The molecule has 0 bridgehead atoms. The van der Waals surface area contributed by atoms with Crippen molar-refractivity contribution in [1.82, 2.24) is 4.90 Å². The first-order chi connectivity index (χ1) is 8.38. The SMILES string of the molecule is BrCCOC1CCN(CC2CCCCO2)CC1. The minimum atomic E-state index is 0.482. The van der Waals surface area contributed by atoms with Crippen molar-refractivity contribution in [1.29, 1.82) is 0 Å². The van der Waals surface area contributed by atoms with Crippen molar-refractivity contribution >= 4 is 15.9 Å². The molecule has 17 heavy (non-hydrogen) atoms. The van der Waals surface area contributed by atoms with Gasteiger partial charge in [0.2, 0.25) is 0 Å². The van der Waals surface area contributed by atoms with Gasteiger partial charge in [-0.1, -0.05) is 15.9 Å². The number of hydrogen-bond acceptors (Lipinski definition) is 3. The van der Waals surface area contributed by atoms with Gasteiger partial charge in [0.25, 0.3) is 0 Å². The molecule has 0 aromatic rings. The molecule has 0 aromatic heterocycles. The molecule has 0 saturated carbocycles. The normalized spacial score (nSPS) is 28.4. The zero-order valence-corrected chi connectivity index (χ0v) is 12.2. The summed E-state index contributed by atoms with van der Waals surface area (Å²) in [6.45, 7) is 5.29. The van der Waals surface area contributed by atoms with Crippen LogP contribution in [0, 0.1) is 0 Å². The Labute approximate surface area is 113 Å². The van der Waals surface area contributed by atoms with Gasteiger partial charge in [-0.05, 0) is 32.1 Å². The van der Waals surface area contributed by atoms with Crippen molar-refractivity contribution in [2.45, 2.75) is 44.3 Å². The van der Waals surface area contributed by atoms with Crippen molar-refractivity contribution < 1.29 is 9.47 Å². The summed E-state index contributed by atoms with van der Waals surface area (Å²) in [6, 6.07) is 0. The van der Waals surface area contributed by atoms with Crippen molar-refractivity contribution in [3.05, 3.63) is 0 Å². The van der Waals surface area contributed by atoms with E-state index in [4.69, 9.17) is 9.47 Å². The third kappa shape index (κ3) is 4.86. The monoisotopic (exact) mass is 305 g/mol. The van der Waals surface area contributed by atoms with E-state index in [0.717, 1.165) is 25.1 Å². The predicted octanol–water partition coefficient (Wildman–Crippen LogP) is 2.43. The Balaban J connectivity index is 1.61. The summed E-state index contributed by atoms with van der Waals surface area (Å²) >= 11 is 3.40. The molecule has 0 spiro atoms. The lowest BCUT2D eigenvalue weighted by atomic mass is 10.0. The van der Waals surface area contributed by atoms with E-state index < -0.39 is 0 Å². The third-order valence-electron chi connectivity index (χ3n) is 3.70. The highest BCUT2D eigenvalue weighted by molar-refractivity contribution is 9.09. The minimum Gasteiger partial charge on any atom is -0.377 e. The van der Waals surface area contributed by atoms with E-state index in [1.54, 1.807) is 0 Å². The second-order valence-corrected chi connectivity index (χ2v) is 5.84. The summed E-state index contributed by atoms with van der Waals surface area (Å²) in [7, 11) is 0. The highest BCUT2D eigenvalue weighted by atomic mass is 79.9. The quantitative estimate of drug-likeness (QED) is 0.728. The van der Waals surface area contributed by atoms with Crippen LogP contribution >= 0.6 is 15.9 Å². The Morgan fingerprint density at radius 3 is 2.65 bits per heavy atom. The van der Waals surface area contributed by atoms with Gasteiger partial charge in [0.05, 0.1) is 18.8 Å². The molecule has 2 fully saturated rings. The highest BCUT2D eigenvalue weighted by Crippen LogP contribution is 2.18. The van der Waals surface area contributed by atoms with Gasteiger partial charge < -0.3 is 14.4 Å².